The molecule has 2 aliphatic rings. The highest BCUT2D eigenvalue weighted by Gasteiger charge is 2.30. The van der Waals surface area contributed by atoms with Crippen molar-refractivity contribution in [2.24, 2.45) is 0 Å². The third-order valence-electron chi connectivity index (χ3n) is 5.88. The molecule has 190 valence electrons. The van der Waals surface area contributed by atoms with Gasteiger partial charge in [0, 0.05) is 17.2 Å². The number of carbonyl (C=O) groups excluding carboxylic acids is 1. The Morgan fingerprint density at radius 2 is 2.08 bits per heavy atom. The smallest absolute Gasteiger partial charge is 0.322 e. The molecular formula is C25H28N4O5S2. The summed E-state index contributed by atoms with van der Waals surface area (Å²) in [5, 5.41) is 19.8. The van der Waals surface area contributed by atoms with E-state index in [1.807, 2.05) is 44.2 Å². The predicted molar refractivity (Wildman–Crippen MR) is 136 cm³/mol. The van der Waals surface area contributed by atoms with Crippen LogP contribution in [0.5, 0.6) is 0 Å². The van der Waals surface area contributed by atoms with Crippen LogP contribution < -0.4 is 4.72 Å². The number of benzene rings is 1. The van der Waals surface area contributed by atoms with Crippen molar-refractivity contribution in [2.45, 2.75) is 58.3 Å². The maximum Gasteiger partial charge on any atom is 0.322 e. The van der Waals surface area contributed by atoms with E-state index >= 15 is 0 Å². The standard InChI is InChI=1S/C25H28N4O5S2/c1-4-33-23(30)14-36(31,32)29-21-10-9-18-19(21)6-5-7-20(18)25-28-27-24(35-25)16-8-11-22(34-15(2)3)17(12-16)13-26/h5-8,12,15,21-22,29H,4,9-11,14H2,1-3H3/t21-,22?/m0/s1. The maximum absolute atomic E-state index is 12.5. The monoisotopic (exact) mass is 528 g/mol. The molecule has 1 N–H and O–H groups in total. The predicted octanol–water partition coefficient (Wildman–Crippen LogP) is 3.71. The molecule has 2 aromatic rings. The minimum Gasteiger partial charge on any atom is -0.465 e. The van der Waals surface area contributed by atoms with E-state index in [9.17, 15) is 18.5 Å². The van der Waals surface area contributed by atoms with Crippen molar-refractivity contribution in [2.75, 3.05) is 12.4 Å². The van der Waals surface area contributed by atoms with Gasteiger partial charge in [0.2, 0.25) is 10.0 Å². The van der Waals surface area contributed by atoms with Crippen LogP contribution in [0.25, 0.3) is 16.1 Å². The zero-order valence-corrected chi connectivity index (χ0v) is 22.0. The largest absolute Gasteiger partial charge is 0.465 e. The van der Waals surface area contributed by atoms with Crippen molar-refractivity contribution in [1.29, 1.82) is 5.26 Å². The average molecular weight is 529 g/mol. The molecule has 0 spiro atoms. The molecule has 0 bridgehead atoms. The number of fused-ring (bicyclic) bond motifs is 1. The van der Waals surface area contributed by atoms with E-state index in [-0.39, 0.29) is 18.8 Å². The summed E-state index contributed by atoms with van der Waals surface area (Å²) in [6.07, 6.45) is 5.43. The van der Waals surface area contributed by atoms with Crippen LogP contribution in [0.2, 0.25) is 0 Å². The van der Waals surface area contributed by atoms with E-state index in [1.165, 1.54) is 11.3 Å². The van der Waals surface area contributed by atoms with E-state index < -0.39 is 27.8 Å². The lowest BCUT2D eigenvalue weighted by atomic mass is 9.97. The molecule has 9 nitrogen and oxygen atoms in total. The van der Waals surface area contributed by atoms with Crippen LogP contribution in [0.1, 0.15) is 55.8 Å². The second-order valence-electron chi connectivity index (χ2n) is 8.84. The SMILES string of the molecule is CCOC(=O)CS(=O)(=O)N[C@H]1CCc2c(-c3nnc(C4=CCC(OC(C)C)C(C#N)=C4)s3)cccc21. The van der Waals surface area contributed by atoms with Gasteiger partial charge in [-0.25, -0.2) is 13.1 Å². The van der Waals surface area contributed by atoms with Crippen molar-refractivity contribution < 1.29 is 22.7 Å². The number of hydrogen-bond donors (Lipinski definition) is 1. The average Bonchev–Trinajstić information content (AvgIpc) is 3.46. The first kappa shape index (κ1) is 26.2. The van der Waals surface area contributed by atoms with Gasteiger partial charge in [0.25, 0.3) is 0 Å². The lowest BCUT2D eigenvalue weighted by molar-refractivity contribution is -0.139. The van der Waals surface area contributed by atoms with Crippen molar-refractivity contribution in [1.82, 2.24) is 14.9 Å². The van der Waals surface area contributed by atoms with E-state index in [1.54, 1.807) is 6.92 Å². The van der Waals surface area contributed by atoms with Gasteiger partial charge in [0.05, 0.1) is 30.5 Å². The van der Waals surface area contributed by atoms with Crippen LogP contribution in [0, 0.1) is 11.3 Å². The number of nitriles is 1. The summed E-state index contributed by atoms with van der Waals surface area (Å²) in [6.45, 7) is 5.65. The topological polar surface area (TPSA) is 131 Å². The van der Waals surface area contributed by atoms with Crippen LogP contribution in [0.15, 0.2) is 35.9 Å². The summed E-state index contributed by atoms with van der Waals surface area (Å²) in [5.41, 5.74) is 4.20. The van der Waals surface area contributed by atoms with Gasteiger partial charge in [-0.05, 0) is 57.2 Å². The number of allylic oxidation sites excluding steroid dienone is 2. The summed E-state index contributed by atoms with van der Waals surface area (Å²) >= 11 is 1.43. The molecule has 11 heteroatoms. The first-order valence-corrected chi connectivity index (χ1v) is 14.3. The fourth-order valence-electron chi connectivity index (χ4n) is 4.43. The normalized spacial score (nSPS) is 19.4. The first-order valence-electron chi connectivity index (χ1n) is 11.8. The summed E-state index contributed by atoms with van der Waals surface area (Å²) in [7, 11) is -3.84. The molecular weight excluding hydrogens is 500 g/mol. The van der Waals surface area contributed by atoms with Gasteiger partial charge in [-0.15, -0.1) is 10.2 Å². The molecule has 0 saturated heterocycles. The van der Waals surface area contributed by atoms with Gasteiger partial charge >= 0.3 is 5.97 Å². The number of esters is 1. The second-order valence-corrected chi connectivity index (χ2v) is 11.6. The van der Waals surface area contributed by atoms with Gasteiger partial charge in [-0.1, -0.05) is 35.6 Å². The highest BCUT2D eigenvalue weighted by Crippen LogP contribution is 2.40. The van der Waals surface area contributed by atoms with E-state index in [0.717, 1.165) is 27.3 Å². The molecule has 2 atom stereocenters. The molecule has 0 fully saturated rings. The summed E-state index contributed by atoms with van der Waals surface area (Å²) in [6, 6.07) is 7.54. The number of rotatable bonds is 9. The molecule has 0 amide bonds. The molecule has 4 rings (SSSR count). The van der Waals surface area contributed by atoms with Crippen molar-refractivity contribution in [3.8, 4) is 16.6 Å². The Kier molecular flexibility index (Phi) is 8.00. The Bertz CT molecular complexity index is 1350. The molecule has 0 aliphatic heterocycles. The Morgan fingerprint density at radius 1 is 1.31 bits per heavy atom. The van der Waals surface area contributed by atoms with E-state index in [2.05, 4.69) is 21.0 Å². The fraction of sp³-hybridized carbons (Fsp3) is 0.440. The summed E-state index contributed by atoms with van der Waals surface area (Å²) < 4.78 is 38.2. The third-order valence-corrected chi connectivity index (χ3v) is 8.15. The lowest BCUT2D eigenvalue weighted by Crippen LogP contribution is -2.33. The van der Waals surface area contributed by atoms with Crippen LogP contribution >= 0.6 is 11.3 Å². The third kappa shape index (κ3) is 5.90. The summed E-state index contributed by atoms with van der Waals surface area (Å²) in [5.74, 6) is -1.48. The van der Waals surface area contributed by atoms with Crippen LogP contribution in [-0.2, 0) is 30.7 Å². The van der Waals surface area contributed by atoms with Gasteiger partial charge in [-0.2, -0.15) is 5.26 Å². The Balaban J connectivity index is 1.54. The van der Waals surface area contributed by atoms with E-state index in [4.69, 9.17) is 9.47 Å². The zero-order valence-electron chi connectivity index (χ0n) is 20.4. The number of sulfonamides is 1. The van der Waals surface area contributed by atoms with Gasteiger partial charge in [0.15, 0.2) is 5.75 Å². The Morgan fingerprint density at radius 3 is 2.81 bits per heavy atom. The Labute approximate surface area is 214 Å². The molecule has 0 saturated carbocycles. The molecule has 1 aromatic carbocycles. The fourth-order valence-corrected chi connectivity index (χ4v) is 6.50. The van der Waals surface area contributed by atoms with Gasteiger partial charge < -0.3 is 9.47 Å². The number of nitrogens with one attached hydrogen (secondary N) is 1. The van der Waals surface area contributed by atoms with Gasteiger partial charge in [-0.3, -0.25) is 4.79 Å². The highest BCUT2D eigenvalue weighted by molar-refractivity contribution is 7.90. The van der Waals surface area contributed by atoms with Crippen molar-refractivity contribution >= 4 is 32.9 Å². The summed E-state index contributed by atoms with van der Waals surface area (Å²) in [4.78, 5) is 11.7. The Hall–Kier alpha value is -2.91. The number of aromatic nitrogens is 2. The zero-order chi connectivity index (χ0) is 25.9. The number of carbonyl (C=O) groups is 1. The van der Waals surface area contributed by atoms with E-state index in [0.29, 0.717) is 29.8 Å². The van der Waals surface area contributed by atoms with Crippen LogP contribution in [0.3, 0.4) is 0 Å². The maximum atomic E-state index is 12.5. The quantitative estimate of drug-likeness (QED) is 0.488. The molecule has 1 unspecified atom stereocenters. The van der Waals surface area contributed by atoms with Gasteiger partial charge in [0.1, 0.15) is 10.0 Å². The second kappa shape index (κ2) is 11.0. The first-order chi connectivity index (χ1) is 17.2. The van der Waals surface area contributed by atoms with Crippen molar-refractivity contribution in [3.05, 3.63) is 52.1 Å². The van der Waals surface area contributed by atoms with Crippen LogP contribution in [-0.4, -0.2) is 49.2 Å². The molecule has 36 heavy (non-hydrogen) atoms. The number of nitrogens with zero attached hydrogens (tertiary/aromatic N) is 3. The van der Waals surface area contributed by atoms with Crippen molar-refractivity contribution in [3.63, 3.8) is 0 Å². The highest BCUT2D eigenvalue weighted by atomic mass is 32.2. The number of hydrogen-bond acceptors (Lipinski definition) is 9. The number of ether oxygens (including phenoxy) is 2. The minimum absolute atomic E-state index is 0.0217. The van der Waals surface area contributed by atoms with Crippen LogP contribution in [0.4, 0.5) is 0 Å². The molecule has 1 aromatic heterocycles. The molecule has 0 radical (unpaired) electrons. The molecule has 2 aliphatic carbocycles. The lowest BCUT2D eigenvalue weighted by Gasteiger charge is -2.21. The molecule has 1 heterocycles. The minimum atomic E-state index is -3.84.